The van der Waals surface area contributed by atoms with Gasteiger partial charge in [-0.2, -0.15) is 11.3 Å². The SMILES string of the molecule is CCOC(=O)C1=C(C)N=c2s/c(=C/c3ccsc3)c(=O)n2[C@@H]1c1ccc2c(c1)OCO2. The highest BCUT2D eigenvalue weighted by molar-refractivity contribution is 7.08. The lowest BCUT2D eigenvalue weighted by molar-refractivity contribution is -0.139. The number of benzene rings is 1. The molecule has 7 nitrogen and oxygen atoms in total. The summed E-state index contributed by atoms with van der Waals surface area (Å²) in [5.74, 6) is 0.723. The Morgan fingerprint density at radius 1 is 1.32 bits per heavy atom. The number of carbonyl (C=O) groups is 1. The van der Waals surface area contributed by atoms with Gasteiger partial charge in [0, 0.05) is 0 Å². The lowest BCUT2D eigenvalue weighted by Gasteiger charge is -2.24. The van der Waals surface area contributed by atoms with Crippen molar-refractivity contribution in [2.75, 3.05) is 13.4 Å². The van der Waals surface area contributed by atoms with Crippen LogP contribution >= 0.6 is 22.7 Å². The van der Waals surface area contributed by atoms with Gasteiger partial charge in [0.1, 0.15) is 0 Å². The molecule has 2 aliphatic heterocycles. The third-order valence-corrected chi connectivity index (χ3v) is 6.75. The molecule has 2 aromatic heterocycles. The number of thiazole rings is 1. The molecule has 0 spiro atoms. The van der Waals surface area contributed by atoms with E-state index in [0.717, 1.165) is 11.1 Å². The number of esters is 1. The molecule has 0 saturated carbocycles. The summed E-state index contributed by atoms with van der Waals surface area (Å²) in [5.41, 5.74) is 2.35. The highest BCUT2D eigenvalue weighted by Gasteiger charge is 2.34. The van der Waals surface area contributed by atoms with Gasteiger partial charge in [-0.25, -0.2) is 9.79 Å². The second-order valence-electron chi connectivity index (χ2n) is 6.97. The first-order valence-corrected chi connectivity index (χ1v) is 11.4. The average Bonchev–Trinajstić information content (AvgIpc) is 3.48. The molecule has 1 atom stereocenters. The summed E-state index contributed by atoms with van der Waals surface area (Å²) in [6.45, 7) is 3.88. The molecule has 0 aliphatic carbocycles. The topological polar surface area (TPSA) is 79.1 Å². The van der Waals surface area contributed by atoms with Crippen LogP contribution in [0.4, 0.5) is 0 Å². The van der Waals surface area contributed by atoms with Crippen LogP contribution in [0.1, 0.15) is 31.0 Å². The summed E-state index contributed by atoms with van der Waals surface area (Å²) in [6.07, 6.45) is 1.85. The molecule has 31 heavy (non-hydrogen) atoms. The van der Waals surface area contributed by atoms with Crippen LogP contribution in [-0.4, -0.2) is 23.9 Å². The fourth-order valence-electron chi connectivity index (χ4n) is 3.70. The number of ether oxygens (including phenoxy) is 3. The minimum Gasteiger partial charge on any atom is -0.463 e. The second kappa shape index (κ2) is 7.82. The molecule has 5 rings (SSSR count). The van der Waals surface area contributed by atoms with Crippen LogP contribution in [0.25, 0.3) is 6.08 Å². The highest BCUT2D eigenvalue weighted by atomic mass is 32.1. The fraction of sp³-hybridized carbons (Fsp3) is 0.227. The van der Waals surface area contributed by atoms with E-state index in [1.165, 1.54) is 11.3 Å². The highest BCUT2D eigenvalue weighted by Crippen LogP contribution is 2.38. The lowest BCUT2D eigenvalue weighted by Crippen LogP contribution is -2.39. The summed E-state index contributed by atoms with van der Waals surface area (Å²) >= 11 is 2.87. The number of hydrogen-bond acceptors (Lipinski definition) is 8. The standard InChI is InChI=1S/C22H18N2O5S2/c1-3-27-21(26)18-12(2)23-22-24(20(25)17(31-22)8-13-6-7-30-10-13)19(18)14-4-5-15-16(9-14)29-11-28-15/h4-10,19H,3,11H2,1-2H3/b17-8+/t19-/m1/s1. The van der Waals surface area contributed by atoms with E-state index in [1.807, 2.05) is 29.0 Å². The van der Waals surface area contributed by atoms with Gasteiger partial charge < -0.3 is 14.2 Å². The van der Waals surface area contributed by atoms with E-state index >= 15 is 0 Å². The van der Waals surface area contributed by atoms with E-state index in [4.69, 9.17) is 14.2 Å². The predicted octanol–water partition coefficient (Wildman–Crippen LogP) is 2.59. The van der Waals surface area contributed by atoms with Crippen molar-refractivity contribution in [3.05, 3.63) is 77.1 Å². The summed E-state index contributed by atoms with van der Waals surface area (Å²) in [7, 11) is 0. The smallest absolute Gasteiger partial charge is 0.338 e. The van der Waals surface area contributed by atoms with Crippen LogP contribution in [0.3, 0.4) is 0 Å². The first-order chi connectivity index (χ1) is 15.1. The molecule has 0 unspecified atom stereocenters. The molecule has 0 saturated heterocycles. The molecule has 0 bridgehead atoms. The van der Waals surface area contributed by atoms with Crippen molar-refractivity contribution in [3.63, 3.8) is 0 Å². The van der Waals surface area contributed by atoms with E-state index in [0.29, 0.717) is 32.1 Å². The van der Waals surface area contributed by atoms with Crippen LogP contribution in [-0.2, 0) is 9.53 Å². The van der Waals surface area contributed by atoms with Gasteiger partial charge in [-0.15, -0.1) is 0 Å². The Labute approximate surface area is 185 Å². The van der Waals surface area contributed by atoms with Crippen molar-refractivity contribution in [1.29, 1.82) is 0 Å². The molecule has 158 valence electrons. The molecule has 0 N–H and O–H groups in total. The maximum Gasteiger partial charge on any atom is 0.338 e. The van der Waals surface area contributed by atoms with Gasteiger partial charge in [0.2, 0.25) is 6.79 Å². The number of carbonyl (C=O) groups excluding carboxylic acids is 1. The largest absolute Gasteiger partial charge is 0.463 e. The molecule has 0 fully saturated rings. The van der Waals surface area contributed by atoms with Gasteiger partial charge >= 0.3 is 5.97 Å². The Hall–Kier alpha value is -3.17. The maximum absolute atomic E-state index is 13.4. The van der Waals surface area contributed by atoms with Crippen molar-refractivity contribution in [3.8, 4) is 11.5 Å². The molecular weight excluding hydrogens is 436 g/mol. The minimum absolute atomic E-state index is 0.141. The Morgan fingerprint density at radius 3 is 2.94 bits per heavy atom. The number of allylic oxidation sites excluding steroid dienone is 1. The van der Waals surface area contributed by atoms with E-state index in [-0.39, 0.29) is 19.0 Å². The van der Waals surface area contributed by atoms with Gasteiger partial charge in [-0.05, 0) is 60.0 Å². The van der Waals surface area contributed by atoms with Crippen LogP contribution in [0.15, 0.2) is 56.1 Å². The van der Waals surface area contributed by atoms with Crippen molar-refractivity contribution < 1.29 is 19.0 Å². The van der Waals surface area contributed by atoms with Gasteiger partial charge in [-0.1, -0.05) is 17.4 Å². The summed E-state index contributed by atoms with van der Waals surface area (Å²) < 4.78 is 18.4. The number of fused-ring (bicyclic) bond motifs is 2. The van der Waals surface area contributed by atoms with Crippen molar-refractivity contribution in [1.82, 2.24) is 4.57 Å². The van der Waals surface area contributed by atoms with Gasteiger partial charge in [0.05, 0.1) is 28.5 Å². The molecule has 4 heterocycles. The predicted molar refractivity (Wildman–Crippen MR) is 117 cm³/mol. The van der Waals surface area contributed by atoms with Gasteiger partial charge in [0.15, 0.2) is 16.3 Å². The van der Waals surface area contributed by atoms with Crippen LogP contribution in [0, 0.1) is 0 Å². The summed E-state index contributed by atoms with van der Waals surface area (Å²) in [4.78, 5) is 31.5. The Kier molecular flexibility index (Phi) is 4.99. The zero-order valence-electron chi connectivity index (χ0n) is 16.8. The molecule has 2 aliphatic rings. The first kappa shape index (κ1) is 19.8. The van der Waals surface area contributed by atoms with E-state index in [9.17, 15) is 9.59 Å². The molecule has 1 aromatic carbocycles. The number of aromatic nitrogens is 1. The van der Waals surface area contributed by atoms with Crippen LogP contribution in [0.2, 0.25) is 0 Å². The maximum atomic E-state index is 13.4. The van der Waals surface area contributed by atoms with Crippen molar-refractivity contribution >= 4 is 34.7 Å². The molecule has 9 heteroatoms. The van der Waals surface area contributed by atoms with Crippen LogP contribution < -0.4 is 24.4 Å². The van der Waals surface area contributed by atoms with Crippen molar-refractivity contribution in [2.45, 2.75) is 19.9 Å². The summed E-state index contributed by atoms with van der Waals surface area (Å²) in [6, 6.07) is 6.71. The molecular formula is C22H18N2O5S2. The van der Waals surface area contributed by atoms with E-state index in [1.54, 1.807) is 41.9 Å². The monoisotopic (exact) mass is 454 g/mol. The second-order valence-corrected chi connectivity index (χ2v) is 8.76. The Balaban J connectivity index is 1.74. The van der Waals surface area contributed by atoms with E-state index in [2.05, 4.69) is 4.99 Å². The molecule has 0 radical (unpaired) electrons. The quantitative estimate of drug-likeness (QED) is 0.567. The third kappa shape index (κ3) is 3.39. The summed E-state index contributed by atoms with van der Waals surface area (Å²) in [5, 5.41) is 3.93. The Morgan fingerprint density at radius 2 is 2.16 bits per heavy atom. The zero-order valence-corrected chi connectivity index (χ0v) is 18.4. The number of hydrogen-bond donors (Lipinski definition) is 0. The van der Waals surface area contributed by atoms with Crippen molar-refractivity contribution in [2.24, 2.45) is 4.99 Å². The number of nitrogens with zero attached hydrogens (tertiary/aromatic N) is 2. The minimum atomic E-state index is -0.672. The van der Waals surface area contributed by atoms with Gasteiger partial charge in [-0.3, -0.25) is 9.36 Å². The third-order valence-electron chi connectivity index (χ3n) is 5.07. The Bertz CT molecular complexity index is 1380. The number of thiophene rings is 1. The molecule has 3 aromatic rings. The zero-order chi connectivity index (χ0) is 21.5. The average molecular weight is 455 g/mol. The van der Waals surface area contributed by atoms with Gasteiger partial charge in [0.25, 0.3) is 5.56 Å². The molecule has 0 amide bonds. The number of rotatable bonds is 4. The lowest BCUT2D eigenvalue weighted by atomic mass is 9.95. The van der Waals surface area contributed by atoms with E-state index < -0.39 is 12.0 Å². The van der Waals surface area contributed by atoms with Crippen LogP contribution in [0.5, 0.6) is 11.5 Å². The normalized spacial score (nSPS) is 17.5. The fourth-order valence-corrected chi connectivity index (χ4v) is 5.36. The first-order valence-electron chi connectivity index (χ1n) is 9.68.